The van der Waals surface area contributed by atoms with E-state index in [0.717, 1.165) is 154 Å². The van der Waals surface area contributed by atoms with Gasteiger partial charge in [0.2, 0.25) is 0 Å². The molecule has 420 valence electrons. The van der Waals surface area contributed by atoms with E-state index in [1.165, 1.54) is 38.5 Å². The number of hydrogen-bond donors (Lipinski definition) is 0. The van der Waals surface area contributed by atoms with E-state index in [2.05, 4.69) is 179 Å². The maximum atomic E-state index is 12.8. The first kappa shape index (κ1) is 70.0. The van der Waals surface area contributed by atoms with Gasteiger partial charge in [0.15, 0.2) is 6.10 Å². The van der Waals surface area contributed by atoms with Crippen molar-refractivity contribution < 1.29 is 28.6 Å². The molecule has 0 N–H and O–H groups in total. The van der Waals surface area contributed by atoms with Gasteiger partial charge in [0, 0.05) is 19.3 Å². The Hall–Kier alpha value is -4.97. The van der Waals surface area contributed by atoms with Crippen molar-refractivity contribution in [3.05, 3.63) is 158 Å². The fraction of sp³-hybridized carbons (Fsp3) is 0.580. The van der Waals surface area contributed by atoms with Crippen LogP contribution in [-0.4, -0.2) is 37.2 Å². The fourth-order valence-electron chi connectivity index (χ4n) is 7.60. The van der Waals surface area contributed by atoms with Crippen LogP contribution < -0.4 is 0 Å². The van der Waals surface area contributed by atoms with Gasteiger partial charge < -0.3 is 14.2 Å². The lowest BCUT2D eigenvalue weighted by Gasteiger charge is -2.18. The highest BCUT2D eigenvalue weighted by Gasteiger charge is 2.19. The van der Waals surface area contributed by atoms with Gasteiger partial charge in [-0.15, -0.1) is 0 Å². The number of unbranched alkanes of at least 4 members (excludes halogenated alkanes) is 15. The second kappa shape index (κ2) is 61.6. The standard InChI is InChI=1S/C69H108O6/c1-4-7-10-13-16-19-21-23-25-27-29-30-31-32-33-34-35-36-37-38-40-41-43-45-47-50-53-56-59-62-68(71)74-65-66(64-73-67(70)61-58-55-52-49-18-15-12-9-6-3)75-69(72)63-60-57-54-51-48-46-44-42-39-28-26-24-22-20-17-14-11-8-5-2/h7-8,10-11,16-17,19-20,23-26,29-30,32-33,35-36,38-40,42-43,45-46,48,66H,4-6,9,12-15,18,21-22,27-28,31,34,37,41,44,47,49-65H2,1-3H3/b10-7-,11-8-,19-16-,20-17-,25-23-,26-24-,30-29-,33-32-,36-35-,40-38-,42-39-,45-43-,48-46-. The van der Waals surface area contributed by atoms with Crippen LogP contribution in [0.4, 0.5) is 0 Å². The first-order chi connectivity index (χ1) is 37.0. The molecular formula is C69H108O6. The van der Waals surface area contributed by atoms with Gasteiger partial charge in [-0.3, -0.25) is 14.4 Å². The molecule has 1 unspecified atom stereocenters. The summed E-state index contributed by atoms with van der Waals surface area (Å²) in [5, 5.41) is 0. The molecule has 0 aromatic heterocycles. The number of esters is 3. The first-order valence-electron chi connectivity index (χ1n) is 30.0. The van der Waals surface area contributed by atoms with Crippen molar-refractivity contribution in [1.29, 1.82) is 0 Å². The van der Waals surface area contributed by atoms with Crippen molar-refractivity contribution in [1.82, 2.24) is 0 Å². The van der Waals surface area contributed by atoms with Crippen LogP contribution in [0, 0.1) is 0 Å². The highest BCUT2D eigenvalue weighted by Crippen LogP contribution is 2.13. The molecule has 0 saturated carbocycles. The molecule has 6 nitrogen and oxygen atoms in total. The minimum Gasteiger partial charge on any atom is -0.462 e. The Morgan fingerprint density at radius 1 is 0.280 bits per heavy atom. The summed E-state index contributed by atoms with van der Waals surface area (Å²) in [6, 6.07) is 0. The molecule has 75 heavy (non-hydrogen) atoms. The zero-order valence-electron chi connectivity index (χ0n) is 48.0. The van der Waals surface area contributed by atoms with E-state index < -0.39 is 6.10 Å². The van der Waals surface area contributed by atoms with Gasteiger partial charge in [-0.1, -0.05) is 249 Å². The fourth-order valence-corrected chi connectivity index (χ4v) is 7.60. The largest absolute Gasteiger partial charge is 0.462 e. The summed E-state index contributed by atoms with van der Waals surface area (Å²) in [7, 11) is 0. The molecule has 0 aliphatic rings. The van der Waals surface area contributed by atoms with Crippen LogP contribution in [0.25, 0.3) is 0 Å². The first-order valence-corrected chi connectivity index (χ1v) is 30.0. The van der Waals surface area contributed by atoms with Crippen molar-refractivity contribution in [3.8, 4) is 0 Å². The normalized spacial score (nSPS) is 13.3. The van der Waals surface area contributed by atoms with E-state index in [1.807, 2.05) is 0 Å². The summed E-state index contributed by atoms with van der Waals surface area (Å²) >= 11 is 0. The van der Waals surface area contributed by atoms with E-state index in [-0.39, 0.29) is 37.5 Å². The summed E-state index contributed by atoms with van der Waals surface area (Å²) in [6.07, 6.45) is 89.6. The Morgan fingerprint density at radius 3 is 0.827 bits per heavy atom. The number of allylic oxidation sites excluding steroid dienone is 26. The minimum absolute atomic E-state index is 0.105. The summed E-state index contributed by atoms with van der Waals surface area (Å²) in [6.45, 7) is 6.33. The molecular weight excluding hydrogens is 925 g/mol. The summed E-state index contributed by atoms with van der Waals surface area (Å²) in [5.74, 6) is -0.974. The quantitative estimate of drug-likeness (QED) is 0.0261. The molecule has 0 aliphatic carbocycles. The lowest BCUT2D eigenvalue weighted by atomic mass is 10.1. The monoisotopic (exact) mass is 1030 g/mol. The molecule has 0 spiro atoms. The lowest BCUT2D eigenvalue weighted by Crippen LogP contribution is -2.30. The number of ether oxygens (including phenoxy) is 3. The van der Waals surface area contributed by atoms with Gasteiger partial charge in [-0.2, -0.15) is 0 Å². The molecule has 0 amide bonds. The highest BCUT2D eigenvalue weighted by atomic mass is 16.6. The van der Waals surface area contributed by atoms with Crippen molar-refractivity contribution in [2.24, 2.45) is 0 Å². The third-order valence-corrected chi connectivity index (χ3v) is 12.0. The molecule has 0 fully saturated rings. The van der Waals surface area contributed by atoms with Gasteiger partial charge >= 0.3 is 17.9 Å². The second-order valence-corrected chi connectivity index (χ2v) is 19.1. The summed E-state index contributed by atoms with van der Waals surface area (Å²) in [5.41, 5.74) is 0. The predicted octanol–water partition coefficient (Wildman–Crippen LogP) is 20.5. The van der Waals surface area contributed by atoms with E-state index in [1.54, 1.807) is 0 Å². The summed E-state index contributed by atoms with van der Waals surface area (Å²) in [4.78, 5) is 38.1. The van der Waals surface area contributed by atoms with Crippen LogP contribution in [0.2, 0.25) is 0 Å². The predicted molar refractivity (Wildman–Crippen MR) is 325 cm³/mol. The molecule has 0 bridgehead atoms. The molecule has 1 atom stereocenters. The van der Waals surface area contributed by atoms with Gasteiger partial charge in [0.25, 0.3) is 0 Å². The van der Waals surface area contributed by atoms with Gasteiger partial charge in [-0.25, -0.2) is 0 Å². The Bertz CT molecular complexity index is 1710. The van der Waals surface area contributed by atoms with Crippen molar-refractivity contribution in [2.75, 3.05) is 13.2 Å². The van der Waals surface area contributed by atoms with E-state index in [4.69, 9.17) is 14.2 Å². The second-order valence-electron chi connectivity index (χ2n) is 19.1. The third-order valence-electron chi connectivity index (χ3n) is 12.0. The molecule has 6 heteroatoms. The Morgan fingerprint density at radius 2 is 0.520 bits per heavy atom. The zero-order valence-corrected chi connectivity index (χ0v) is 48.0. The van der Waals surface area contributed by atoms with E-state index in [0.29, 0.717) is 19.3 Å². The van der Waals surface area contributed by atoms with Crippen LogP contribution in [0.1, 0.15) is 239 Å². The van der Waals surface area contributed by atoms with Crippen LogP contribution >= 0.6 is 0 Å². The third kappa shape index (κ3) is 59.8. The Balaban J connectivity index is 4.38. The van der Waals surface area contributed by atoms with Crippen LogP contribution in [0.15, 0.2) is 158 Å². The smallest absolute Gasteiger partial charge is 0.306 e. The maximum absolute atomic E-state index is 12.8. The highest BCUT2D eigenvalue weighted by molar-refractivity contribution is 5.71. The molecule has 0 aromatic rings. The number of carbonyl (C=O) groups is 3. The van der Waals surface area contributed by atoms with Gasteiger partial charge in [0.05, 0.1) is 0 Å². The molecule has 0 aromatic carbocycles. The average Bonchev–Trinajstić information content (AvgIpc) is 3.41. The van der Waals surface area contributed by atoms with Gasteiger partial charge in [0.1, 0.15) is 13.2 Å². The lowest BCUT2D eigenvalue weighted by molar-refractivity contribution is -0.167. The molecule has 0 saturated heterocycles. The van der Waals surface area contributed by atoms with Crippen molar-refractivity contribution in [3.63, 3.8) is 0 Å². The topological polar surface area (TPSA) is 78.9 Å². The number of hydrogen-bond acceptors (Lipinski definition) is 6. The molecule has 0 heterocycles. The average molecular weight is 1030 g/mol. The van der Waals surface area contributed by atoms with Crippen molar-refractivity contribution >= 4 is 17.9 Å². The minimum atomic E-state index is -0.812. The van der Waals surface area contributed by atoms with E-state index >= 15 is 0 Å². The Labute approximate surface area is 460 Å². The summed E-state index contributed by atoms with van der Waals surface area (Å²) < 4.78 is 16.8. The molecule has 0 radical (unpaired) electrons. The number of rotatable bonds is 52. The van der Waals surface area contributed by atoms with Crippen LogP contribution in [-0.2, 0) is 28.6 Å². The SMILES string of the molecule is CC/C=C\C/C=C\C/C=C\C/C=C\C/C=C\C/C=C\C/C=C\C/C=C\CCCCCCC(=O)OCC(COC(=O)CCCCCCCCCCC)OC(=O)CCCCC/C=C\C/C=C\C/C=C\C/C=C\C/C=C\CC. The number of carbonyl (C=O) groups excluding carboxylic acids is 3. The van der Waals surface area contributed by atoms with E-state index in [9.17, 15) is 14.4 Å². The molecule has 0 rings (SSSR count). The van der Waals surface area contributed by atoms with Crippen LogP contribution in [0.5, 0.6) is 0 Å². The maximum Gasteiger partial charge on any atom is 0.306 e. The molecule has 0 aliphatic heterocycles. The van der Waals surface area contributed by atoms with Crippen molar-refractivity contribution in [2.45, 2.75) is 245 Å². The Kier molecular flexibility index (Phi) is 57.5. The van der Waals surface area contributed by atoms with Gasteiger partial charge in [-0.05, 0) is 128 Å². The van der Waals surface area contributed by atoms with Crippen LogP contribution in [0.3, 0.4) is 0 Å². The zero-order chi connectivity index (χ0) is 54.3.